The second-order valence-electron chi connectivity index (χ2n) is 4.86. The molecule has 0 saturated heterocycles. The second kappa shape index (κ2) is 6.23. The van der Waals surface area contributed by atoms with Crippen LogP contribution in [0.5, 0.6) is 0 Å². The fourth-order valence-electron chi connectivity index (χ4n) is 1.83. The molecule has 1 heterocycles. The minimum atomic E-state index is -0.128. The number of hydrogen-bond acceptors (Lipinski definition) is 3. The van der Waals surface area contributed by atoms with E-state index in [1.807, 2.05) is 43.8 Å². The third kappa shape index (κ3) is 3.38. The van der Waals surface area contributed by atoms with Crippen molar-refractivity contribution in [3.8, 4) is 0 Å². The first-order chi connectivity index (χ1) is 9.60. The summed E-state index contributed by atoms with van der Waals surface area (Å²) in [6.45, 7) is 6.98. The Bertz CT molecular complexity index is 572. The highest BCUT2D eigenvalue weighted by molar-refractivity contribution is 6.04. The largest absolute Gasteiger partial charge is 0.385 e. The van der Waals surface area contributed by atoms with Crippen molar-refractivity contribution in [1.29, 1.82) is 0 Å². The van der Waals surface area contributed by atoms with Crippen molar-refractivity contribution < 1.29 is 4.79 Å². The Labute approximate surface area is 119 Å². The van der Waals surface area contributed by atoms with Gasteiger partial charge in [-0.3, -0.25) is 9.48 Å². The van der Waals surface area contributed by atoms with E-state index < -0.39 is 0 Å². The number of nitrogens with zero attached hydrogens (tertiary/aromatic N) is 2. The maximum Gasteiger partial charge on any atom is 0.255 e. The van der Waals surface area contributed by atoms with Gasteiger partial charge in [-0.15, -0.1) is 0 Å². The normalized spacial score (nSPS) is 10.6. The van der Waals surface area contributed by atoms with Gasteiger partial charge in [-0.2, -0.15) is 5.10 Å². The highest BCUT2D eigenvalue weighted by Crippen LogP contribution is 2.13. The number of aromatic nitrogens is 2. The van der Waals surface area contributed by atoms with Crippen LogP contribution in [0.3, 0.4) is 0 Å². The minimum absolute atomic E-state index is 0.128. The van der Waals surface area contributed by atoms with Gasteiger partial charge in [0, 0.05) is 30.0 Å². The maximum absolute atomic E-state index is 12.1. The lowest BCUT2D eigenvalue weighted by Gasteiger charge is -2.06. The molecule has 0 spiro atoms. The number of nitrogens with one attached hydrogen (secondary N) is 2. The summed E-state index contributed by atoms with van der Waals surface area (Å²) >= 11 is 0. The third-order valence-electron chi connectivity index (χ3n) is 2.92. The summed E-state index contributed by atoms with van der Waals surface area (Å²) in [5.74, 6) is -0.128. The Morgan fingerprint density at radius 2 is 1.95 bits per heavy atom. The fourth-order valence-corrected chi connectivity index (χ4v) is 1.83. The molecule has 5 nitrogen and oxygen atoms in total. The Kier molecular flexibility index (Phi) is 4.40. The standard InChI is InChI=1S/C15H20N4O/c1-4-16-13-7-5-12(6-8-13)15(20)18-14-9-17-19(10-14)11(2)3/h5-11,16H,4H2,1-3H3,(H,18,20). The van der Waals surface area contributed by atoms with Gasteiger partial charge < -0.3 is 10.6 Å². The van der Waals surface area contributed by atoms with Gasteiger partial charge in [0.1, 0.15) is 0 Å². The van der Waals surface area contributed by atoms with Crippen molar-refractivity contribution in [3.63, 3.8) is 0 Å². The monoisotopic (exact) mass is 272 g/mol. The van der Waals surface area contributed by atoms with Crippen LogP contribution in [0.1, 0.15) is 37.2 Å². The maximum atomic E-state index is 12.1. The van der Waals surface area contributed by atoms with Crippen LogP contribution in [-0.2, 0) is 0 Å². The topological polar surface area (TPSA) is 59.0 Å². The molecular weight excluding hydrogens is 252 g/mol. The van der Waals surface area contributed by atoms with Gasteiger partial charge in [0.25, 0.3) is 5.91 Å². The first-order valence-electron chi connectivity index (χ1n) is 6.79. The zero-order valence-electron chi connectivity index (χ0n) is 12.1. The summed E-state index contributed by atoms with van der Waals surface area (Å²) in [5.41, 5.74) is 2.35. The lowest BCUT2D eigenvalue weighted by molar-refractivity contribution is 0.102. The number of carbonyl (C=O) groups is 1. The molecule has 0 bridgehead atoms. The first kappa shape index (κ1) is 14.1. The summed E-state index contributed by atoms with van der Waals surface area (Å²) in [6.07, 6.45) is 3.49. The summed E-state index contributed by atoms with van der Waals surface area (Å²) in [5, 5.41) is 10.2. The third-order valence-corrected chi connectivity index (χ3v) is 2.92. The molecule has 5 heteroatoms. The lowest BCUT2D eigenvalue weighted by Crippen LogP contribution is -2.11. The first-order valence-corrected chi connectivity index (χ1v) is 6.79. The van der Waals surface area contributed by atoms with Crippen molar-refractivity contribution in [2.75, 3.05) is 17.2 Å². The Morgan fingerprint density at radius 3 is 2.50 bits per heavy atom. The molecule has 0 saturated carbocycles. The predicted molar refractivity (Wildman–Crippen MR) is 81.2 cm³/mol. The molecular formula is C15H20N4O. The van der Waals surface area contributed by atoms with Gasteiger partial charge in [-0.1, -0.05) is 0 Å². The van der Waals surface area contributed by atoms with E-state index in [0.717, 1.165) is 12.2 Å². The van der Waals surface area contributed by atoms with Gasteiger partial charge in [-0.05, 0) is 45.0 Å². The van der Waals surface area contributed by atoms with Crippen molar-refractivity contribution in [1.82, 2.24) is 9.78 Å². The van der Waals surface area contributed by atoms with Gasteiger partial charge in [-0.25, -0.2) is 0 Å². The summed E-state index contributed by atoms with van der Waals surface area (Å²) in [4.78, 5) is 12.1. The molecule has 0 radical (unpaired) electrons. The van der Waals surface area contributed by atoms with E-state index >= 15 is 0 Å². The van der Waals surface area contributed by atoms with Crippen LogP contribution < -0.4 is 10.6 Å². The quantitative estimate of drug-likeness (QED) is 0.879. The van der Waals surface area contributed by atoms with E-state index in [-0.39, 0.29) is 11.9 Å². The molecule has 0 aliphatic carbocycles. The molecule has 106 valence electrons. The van der Waals surface area contributed by atoms with Crippen molar-refractivity contribution in [3.05, 3.63) is 42.2 Å². The summed E-state index contributed by atoms with van der Waals surface area (Å²) in [6, 6.07) is 7.69. The number of benzene rings is 1. The van der Waals surface area contributed by atoms with Crippen LogP contribution in [-0.4, -0.2) is 22.2 Å². The molecule has 0 unspecified atom stereocenters. The molecule has 2 rings (SSSR count). The molecule has 20 heavy (non-hydrogen) atoms. The number of rotatable bonds is 5. The summed E-state index contributed by atoms with van der Waals surface area (Å²) < 4.78 is 1.81. The van der Waals surface area contributed by atoms with E-state index in [2.05, 4.69) is 15.7 Å². The van der Waals surface area contributed by atoms with Crippen LogP contribution >= 0.6 is 0 Å². The van der Waals surface area contributed by atoms with Crippen LogP contribution in [0, 0.1) is 0 Å². The smallest absolute Gasteiger partial charge is 0.255 e. The Hall–Kier alpha value is -2.30. The molecule has 1 aromatic carbocycles. The van der Waals surface area contributed by atoms with Gasteiger partial charge in [0.2, 0.25) is 0 Å². The van der Waals surface area contributed by atoms with E-state index in [0.29, 0.717) is 11.3 Å². The molecule has 0 atom stereocenters. The van der Waals surface area contributed by atoms with Gasteiger partial charge in [0.15, 0.2) is 0 Å². The minimum Gasteiger partial charge on any atom is -0.385 e. The number of hydrogen-bond donors (Lipinski definition) is 2. The molecule has 1 amide bonds. The molecule has 1 aromatic heterocycles. The molecule has 0 aliphatic rings. The lowest BCUT2D eigenvalue weighted by atomic mass is 10.2. The average molecular weight is 272 g/mol. The van der Waals surface area contributed by atoms with Crippen molar-refractivity contribution in [2.24, 2.45) is 0 Å². The molecule has 2 N–H and O–H groups in total. The number of amides is 1. The summed E-state index contributed by atoms with van der Waals surface area (Å²) in [7, 11) is 0. The second-order valence-corrected chi connectivity index (χ2v) is 4.86. The number of carbonyl (C=O) groups excluding carboxylic acids is 1. The molecule has 2 aromatic rings. The van der Waals surface area contributed by atoms with Crippen LogP contribution in [0.15, 0.2) is 36.7 Å². The predicted octanol–water partition coefficient (Wildman–Crippen LogP) is 3.15. The van der Waals surface area contributed by atoms with E-state index in [1.54, 1.807) is 18.3 Å². The van der Waals surface area contributed by atoms with Crippen molar-refractivity contribution in [2.45, 2.75) is 26.8 Å². The highest BCUT2D eigenvalue weighted by atomic mass is 16.1. The zero-order chi connectivity index (χ0) is 14.5. The molecule has 0 aliphatic heterocycles. The average Bonchev–Trinajstić information content (AvgIpc) is 2.88. The van der Waals surface area contributed by atoms with E-state index in [9.17, 15) is 4.79 Å². The van der Waals surface area contributed by atoms with Crippen LogP contribution in [0.4, 0.5) is 11.4 Å². The SMILES string of the molecule is CCNc1ccc(C(=O)Nc2cnn(C(C)C)c2)cc1. The fraction of sp³-hybridized carbons (Fsp3) is 0.333. The number of anilines is 2. The van der Waals surface area contributed by atoms with Crippen molar-refractivity contribution >= 4 is 17.3 Å². The molecule has 0 fully saturated rings. The van der Waals surface area contributed by atoms with E-state index in [1.165, 1.54) is 0 Å². The van der Waals surface area contributed by atoms with Crippen LogP contribution in [0.25, 0.3) is 0 Å². The van der Waals surface area contributed by atoms with Gasteiger partial charge >= 0.3 is 0 Å². The zero-order valence-corrected chi connectivity index (χ0v) is 12.1. The van der Waals surface area contributed by atoms with Crippen LogP contribution in [0.2, 0.25) is 0 Å². The highest BCUT2D eigenvalue weighted by Gasteiger charge is 2.08. The Morgan fingerprint density at radius 1 is 1.25 bits per heavy atom. The van der Waals surface area contributed by atoms with E-state index in [4.69, 9.17) is 0 Å². The Balaban J connectivity index is 2.03. The van der Waals surface area contributed by atoms with Gasteiger partial charge in [0.05, 0.1) is 11.9 Å².